The van der Waals surface area contributed by atoms with Crippen molar-refractivity contribution in [3.63, 3.8) is 0 Å². The van der Waals surface area contributed by atoms with Crippen LogP contribution in [0.2, 0.25) is 0 Å². The maximum Gasteiger partial charge on any atom is 0.253 e. The number of nitrogens with zero attached hydrogens (tertiary/aromatic N) is 3. The number of carbonyl (C=O) groups is 1. The van der Waals surface area contributed by atoms with Crippen molar-refractivity contribution in [2.75, 3.05) is 19.7 Å². The topological polar surface area (TPSA) is 47.4 Å². The van der Waals surface area contributed by atoms with E-state index in [0.717, 1.165) is 36.3 Å². The number of benzene rings is 1. The molecule has 0 N–H and O–H groups in total. The number of hydrogen-bond donors (Lipinski definition) is 0. The van der Waals surface area contributed by atoms with Crippen LogP contribution in [-0.2, 0) is 4.79 Å². The normalized spacial score (nSPS) is 20.4. The van der Waals surface area contributed by atoms with E-state index >= 15 is 0 Å². The van der Waals surface area contributed by atoms with E-state index in [-0.39, 0.29) is 11.9 Å². The molecule has 2 aromatic rings. The van der Waals surface area contributed by atoms with Crippen LogP contribution < -0.4 is 4.74 Å². The smallest absolute Gasteiger partial charge is 0.253 e. The van der Waals surface area contributed by atoms with E-state index in [1.807, 2.05) is 52.2 Å². The van der Waals surface area contributed by atoms with E-state index in [1.54, 1.807) is 6.20 Å². The van der Waals surface area contributed by atoms with Crippen LogP contribution in [0.1, 0.15) is 24.4 Å². The maximum atomic E-state index is 12.8. The number of hydrogen-bond acceptors (Lipinski definition) is 3. The van der Waals surface area contributed by atoms with Gasteiger partial charge in [0.2, 0.25) is 0 Å². The fraction of sp³-hybridized carbons (Fsp3) is 0.333. The molecule has 1 atom stereocenters. The van der Waals surface area contributed by atoms with Crippen LogP contribution >= 0.6 is 0 Å². The van der Waals surface area contributed by atoms with Crippen molar-refractivity contribution in [1.29, 1.82) is 0 Å². The molecule has 118 valence electrons. The van der Waals surface area contributed by atoms with Gasteiger partial charge in [0.1, 0.15) is 12.4 Å². The molecule has 0 unspecified atom stereocenters. The van der Waals surface area contributed by atoms with Gasteiger partial charge in [0.15, 0.2) is 0 Å². The van der Waals surface area contributed by atoms with Gasteiger partial charge in [-0.15, -0.1) is 0 Å². The lowest BCUT2D eigenvalue weighted by molar-refractivity contribution is -0.129. The molecule has 1 fully saturated rings. The number of amides is 1. The summed E-state index contributed by atoms with van der Waals surface area (Å²) in [5.74, 6) is 0.925. The molecule has 0 bridgehead atoms. The van der Waals surface area contributed by atoms with Crippen molar-refractivity contribution in [3.8, 4) is 5.75 Å². The Morgan fingerprint density at radius 2 is 2.17 bits per heavy atom. The van der Waals surface area contributed by atoms with Crippen LogP contribution in [0.5, 0.6) is 5.75 Å². The predicted molar refractivity (Wildman–Crippen MR) is 87.0 cm³/mol. The molecular weight excluding hydrogens is 290 g/mol. The maximum absolute atomic E-state index is 12.8. The summed E-state index contributed by atoms with van der Waals surface area (Å²) >= 11 is 0. The molecule has 1 aromatic heterocycles. The molecule has 1 amide bonds. The highest BCUT2D eigenvalue weighted by atomic mass is 16.5. The SMILES string of the molecule is O=C(C1=Cc2ccccc2OC1)N1CCC[C@@H](n2cccn2)C1. The quantitative estimate of drug-likeness (QED) is 0.856. The second-order valence-corrected chi connectivity index (χ2v) is 6.03. The monoisotopic (exact) mass is 309 g/mol. The van der Waals surface area contributed by atoms with Crippen molar-refractivity contribution in [1.82, 2.24) is 14.7 Å². The molecule has 0 spiro atoms. The number of piperidine rings is 1. The Balaban J connectivity index is 1.52. The molecule has 2 aliphatic rings. The van der Waals surface area contributed by atoms with Crippen LogP contribution in [0, 0.1) is 0 Å². The Kier molecular flexibility index (Phi) is 3.61. The summed E-state index contributed by atoms with van der Waals surface area (Å²) in [5, 5.41) is 4.32. The van der Waals surface area contributed by atoms with Crippen molar-refractivity contribution < 1.29 is 9.53 Å². The number of ether oxygens (including phenoxy) is 1. The molecule has 2 aliphatic heterocycles. The summed E-state index contributed by atoms with van der Waals surface area (Å²) in [5.41, 5.74) is 1.70. The van der Waals surface area contributed by atoms with Crippen molar-refractivity contribution in [2.45, 2.75) is 18.9 Å². The van der Waals surface area contributed by atoms with Gasteiger partial charge < -0.3 is 9.64 Å². The molecule has 1 aromatic carbocycles. The van der Waals surface area contributed by atoms with Crippen molar-refractivity contribution >= 4 is 12.0 Å². The van der Waals surface area contributed by atoms with Crippen molar-refractivity contribution in [3.05, 3.63) is 53.9 Å². The first-order chi connectivity index (χ1) is 11.3. The summed E-state index contributed by atoms with van der Waals surface area (Å²) in [6.07, 6.45) is 7.77. The van der Waals surface area contributed by atoms with Gasteiger partial charge in [-0.05, 0) is 31.1 Å². The van der Waals surface area contributed by atoms with Gasteiger partial charge in [-0.2, -0.15) is 5.10 Å². The lowest BCUT2D eigenvalue weighted by Gasteiger charge is -2.34. The Bertz CT molecular complexity index is 736. The minimum absolute atomic E-state index is 0.0800. The van der Waals surface area contributed by atoms with Gasteiger partial charge in [0.25, 0.3) is 5.91 Å². The standard InChI is InChI=1S/C18H19N3O2/c22-18(15-11-14-5-1-2-7-17(14)23-13-15)20-9-3-6-16(12-20)21-10-4-8-19-21/h1-2,4-5,7-8,10-11,16H,3,6,9,12-13H2/t16-/m1/s1. The molecular formula is C18H19N3O2. The minimum Gasteiger partial charge on any atom is -0.488 e. The van der Waals surface area contributed by atoms with E-state index in [1.165, 1.54) is 0 Å². The molecule has 3 heterocycles. The second kappa shape index (κ2) is 5.91. The van der Waals surface area contributed by atoms with Crippen LogP contribution in [0.25, 0.3) is 6.08 Å². The zero-order chi connectivity index (χ0) is 15.6. The second-order valence-electron chi connectivity index (χ2n) is 6.03. The fourth-order valence-corrected chi connectivity index (χ4v) is 3.29. The molecule has 5 heteroatoms. The van der Waals surface area contributed by atoms with Gasteiger partial charge >= 0.3 is 0 Å². The fourth-order valence-electron chi connectivity index (χ4n) is 3.29. The minimum atomic E-state index is 0.0800. The number of likely N-dealkylation sites (tertiary alicyclic amines) is 1. The van der Waals surface area contributed by atoms with Crippen LogP contribution in [-0.4, -0.2) is 40.3 Å². The zero-order valence-corrected chi connectivity index (χ0v) is 12.9. The van der Waals surface area contributed by atoms with Gasteiger partial charge in [-0.3, -0.25) is 9.48 Å². The summed E-state index contributed by atoms with van der Waals surface area (Å²) in [4.78, 5) is 14.8. The molecule has 23 heavy (non-hydrogen) atoms. The summed E-state index contributed by atoms with van der Waals surface area (Å²) in [6.45, 7) is 1.86. The Labute approximate surface area is 135 Å². The van der Waals surface area contributed by atoms with E-state index < -0.39 is 0 Å². The van der Waals surface area contributed by atoms with Gasteiger partial charge in [-0.25, -0.2) is 0 Å². The Hall–Kier alpha value is -2.56. The molecule has 0 saturated carbocycles. The summed E-state index contributed by atoms with van der Waals surface area (Å²) < 4.78 is 7.67. The molecule has 1 saturated heterocycles. The van der Waals surface area contributed by atoms with Crippen LogP contribution in [0.3, 0.4) is 0 Å². The summed E-state index contributed by atoms with van der Waals surface area (Å²) in [6, 6.07) is 10.0. The first-order valence-electron chi connectivity index (χ1n) is 8.02. The first kappa shape index (κ1) is 14.1. The van der Waals surface area contributed by atoms with Crippen LogP contribution in [0.4, 0.5) is 0 Å². The third kappa shape index (κ3) is 2.74. The number of fused-ring (bicyclic) bond motifs is 1. The third-order valence-corrected chi connectivity index (χ3v) is 4.49. The highest BCUT2D eigenvalue weighted by Gasteiger charge is 2.28. The number of para-hydroxylation sites is 1. The highest BCUT2D eigenvalue weighted by Crippen LogP contribution is 2.28. The number of aromatic nitrogens is 2. The van der Waals surface area contributed by atoms with Crippen LogP contribution in [0.15, 0.2) is 48.3 Å². The largest absolute Gasteiger partial charge is 0.488 e. The van der Waals surface area contributed by atoms with Crippen molar-refractivity contribution in [2.24, 2.45) is 0 Å². The average molecular weight is 309 g/mol. The predicted octanol–water partition coefficient (Wildman–Crippen LogP) is 2.52. The molecule has 5 nitrogen and oxygen atoms in total. The van der Waals surface area contributed by atoms with E-state index in [4.69, 9.17) is 4.74 Å². The highest BCUT2D eigenvalue weighted by molar-refractivity contribution is 5.99. The lowest BCUT2D eigenvalue weighted by atomic mass is 10.0. The zero-order valence-electron chi connectivity index (χ0n) is 12.9. The average Bonchev–Trinajstić information content (AvgIpc) is 3.15. The van der Waals surface area contributed by atoms with E-state index in [0.29, 0.717) is 13.2 Å². The summed E-state index contributed by atoms with van der Waals surface area (Å²) in [7, 11) is 0. The molecule has 0 radical (unpaired) electrons. The lowest BCUT2D eigenvalue weighted by Crippen LogP contribution is -2.42. The first-order valence-corrected chi connectivity index (χ1v) is 8.02. The van der Waals surface area contributed by atoms with Gasteiger partial charge in [-0.1, -0.05) is 18.2 Å². The Morgan fingerprint density at radius 3 is 3.04 bits per heavy atom. The Morgan fingerprint density at radius 1 is 1.26 bits per heavy atom. The van der Waals surface area contributed by atoms with Gasteiger partial charge in [0, 0.05) is 31.0 Å². The van der Waals surface area contributed by atoms with E-state index in [2.05, 4.69) is 5.10 Å². The van der Waals surface area contributed by atoms with E-state index in [9.17, 15) is 4.79 Å². The number of rotatable bonds is 2. The molecule has 4 rings (SSSR count). The third-order valence-electron chi connectivity index (χ3n) is 4.49. The van der Waals surface area contributed by atoms with Gasteiger partial charge in [0.05, 0.1) is 11.6 Å². The molecule has 0 aliphatic carbocycles. The number of carbonyl (C=O) groups excluding carboxylic acids is 1.